The number of carboxylic acid groups (broad SMARTS) is 1. The topological polar surface area (TPSA) is 70.1 Å². The molecule has 0 aromatic heterocycles. The Balaban J connectivity index is 1.68. The van der Waals surface area contributed by atoms with Crippen molar-refractivity contribution in [1.29, 1.82) is 0 Å². The summed E-state index contributed by atoms with van der Waals surface area (Å²) in [6.07, 6.45) is 4.47. The van der Waals surface area contributed by atoms with Crippen LogP contribution in [0.25, 0.3) is 0 Å². The van der Waals surface area contributed by atoms with Crippen LogP contribution in [-0.4, -0.2) is 66.8 Å². The second-order valence-corrected chi connectivity index (χ2v) is 6.27. The quantitative estimate of drug-likeness (QED) is 0.726. The van der Waals surface area contributed by atoms with Gasteiger partial charge in [-0.2, -0.15) is 0 Å². The monoisotopic (exact) mass is 298 g/mol. The number of carbonyl (C=O) groups is 2. The third-order valence-corrected chi connectivity index (χ3v) is 4.20. The number of rotatable bonds is 7. The van der Waals surface area contributed by atoms with Crippen molar-refractivity contribution in [1.82, 2.24) is 9.80 Å². The molecular formula is C15H26N2O4. The van der Waals surface area contributed by atoms with Crippen LogP contribution in [0.5, 0.6) is 0 Å². The molecule has 0 aromatic carbocycles. The van der Waals surface area contributed by atoms with Crippen LogP contribution in [0.2, 0.25) is 0 Å². The molecule has 0 radical (unpaired) electrons. The summed E-state index contributed by atoms with van der Waals surface area (Å²) < 4.78 is 5.55. The van der Waals surface area contributed by atoms with Crippen molar-refractivity contribution in [3.05, 3.63) is 0 Å². The van der Waals surface area contributed by atoms with Crippen LogP contribution in [0, 0.1) is 11.8 Å². The Kier molecular flexibility index (Phi) is 5.85. The van der Waals surface area contributed by atoms with Crippen LogP contribution in [0.4, 0.5) is 4.79 Å². The molecule has 1 saturated carbocycles. The molecule has 0 spiro atoms. The van der Waals surface area contributed by atoms with Crippen molar-refractivity contribution >= 4 is 12.0 Å². The van der Waals surface area contributed by atoms with Crippen molar-refractivity contribution < 1.29 is 19.4 Å². The van der Waals surface area contributed by atoms with E-state index in [4.69, 9.17) is 9.84 Å². The van der Waals surface area contributed by atoms with Gasteiger partial charge in [-0.05, 0) is 37.5 Å². The van der Waals surface area contributed by atoms with Gasteiger partial charge in [-0.1, -0.05) is 0 Å². The molecule has 2 fully saturated rings. The molecule has 1 atom stereocenters. The first-order valence-electron chi connectivity index (χ1n) is 7.86. The molecule has 1 N–H and O–H groups in total. The minimum atomic E-state index is -0.781. The summed E-state index contributed by atoms with van der Waals surface area (Å²) in [5, 5.41) is 8.86. The molecule has 2 aliphatic rings. The molecule has 1 aliphatic carbocycles. The standard InChI is InChI=1S/C15H26N2O4/c1-16(7-8-21-11-12-4-5-12)15(20)17-6-2-3-13(10-17)9-14(18)19/h12-13H,2-11H2,1H3,(H,18,19). The number of urea groups is 1. The van der Waals surface area contributed by atoms with Gasteiger partial charge in [0.25, 0.3) is 0 Å². The van der Waals surface area contributed by atoms with Gasteiger partial charge in [0.2, 0.25) is 0 Å². The van der Waals surface area contributed by atoms with E-state index in [1.807, 2.05) is 0 Å². The van der Waals surface area contributed by atoms with Crippen LogP contribution >= 0.6 is 0 Å². The zero-order chi connectivity index (χ0) is 15.2. The van der Waals surface area contributed by atoms with E-state index in [1.54, 1.807) is 16.8 Å². The van der Waals surface area contributed by atoms with Gasteiger partial charge < -0.3 is 19.6 Å². The van der Waals surface area contributed by atoms with Gasteiger partial charge in [-0.3, -0.25) is 4.79 Å². The van der Waals surface area contributed by atoms with E-state index >= 15 is 0 Å². The lowest BCUT2D eigenvalue weighted by Crippen LogP contribution is -2.47. The van der Waals surface area contributed by atoms with Gasteiger partial charge in [0.05, 0.1) is 6.61 Å². The Morgan fingerprint density at radius 2 is 2.05 bits per heavy atom. The summed E-state index contributed by atoms with van der Waals surface area (Å²) in [5.74, 6) is 0.0423. The van der Waals surface area contributed by atoms with E-state index in [9.17, 15) is 9.59 Å². The molecule has 6 nitrogen and oxygen atoms in total. The molecule has 6 heteroatoms. The molecule has 120 valence electrons. The first-order chi connectivity index (χ1) is 10.1. The molecule has 0 aromatic rings. The first kappa shape index (κ1) is 16.1. The maximum absolute atomic E-state index is 12.3. The minimum absolute atomic E-state index is 0.0138. The fourth-order valence-electron chi connectivity index (χ4n) is 2.73. The third kappa shape index (κ3) is 5.53. The second kappa shape index (κ2) is 7.64. The molecule has 21 heavy (non-hydrogen) atoms. The van der Waals surface area contributed by atoms with Gasteiger partial charge >= 0.3 is 12.0 Å². The van der Waals surface area contributed by atoms with Crippen LogP contribution in [0.3, 0.4) is 0 Å². The molecule has 1 aliphatic heterocycles. The Hall–Kier alpha value is -1.30. The first-order valence-corrected chi connectivity index (χ1v) is 7.86. The molecule has 1 unspecified atom stereocenters. The Morgan fingerprint density at radius 3 is 2.71 bits per heavy atom. The molecule has 2 amide bonds. The normalized spacial score (nSPS) is 22.1. The number of ether oxygens (including phenoxy) is 1. The predicted octanol–water partition coefficient (Wildman–Crippen LogP) is 1.65. The summed E-state index contributed by atoms with van der Waals surface area (Å²) >= 11 is 0. The van der Waals surface area contributed by atoms with E-state index in [1.165, 1.54) is 12.8 Å². The summed E-state index contributed by atoms with van der Waals surface area (Å²) in [6, 6.07) is -0.0138. The molecule has 1 heterocycles. The number of hydrogen-bond donors (Lipinski definition) is 1. The Morgan fingerprint density at radius 1 is 1.29 bits per heavy atom. The van der Waals surface area contributed by atoms with Crippen molar-refractivity contribution in [2.75, 3.05) is 39.9 Å². The Bertz CT molecular complexity index is 371. The number of likely N-dealkylation sites (tertiary alicyclic amines) is 1. The zero-order valence-electron chi connectivity index (χ0n) is 12.8. The van der Waals surface area contributed by atoms with Gasteiger partial charge in [0, 0.05) is 39.7 Å². The summed E-state index contributed by atoms with van der Waals surface area (Å²) in [6.45, 7) is 3.25. The maximum Gasteiger partial charge on any atom is 0.319 e. The number of piperidine rings is 1. The lowest BCUT2D eigenvalue weighted by Gasteiger charge is -2.34. The largest absolute Gasteiger partial charge is 0.481 e. The van der Waals surface area contributed by atoms with Gasteiger partial charge in [0.15, 0.2) is 0 Å². The molecular weight excluding hydrogens is 272 g/mol. The predicted molar refractivity (Wildman–Crippen MR) is 78.1 cm³/mol. The van der Waals surface area contributed by atoms with E-state index in [0.717, 1.165) is 31.9 Å². The van der Waals surface area contributed by atoms with Crippen molar-refractivity contribution in [3.8, 4) is 0 Å². The molecule has 2 rings (SSSR count). The van der Waals surface area contributed by atoms with E-state index in [0.29, 0.717) is 19.7 Å². The highest BCUT2D eigenvalue weighted by atomic mass is 16.5. The molecule has 1 saturated heterocycles. The minimum Gasteiger partial charge on any atom is -0.481 e. The van der Waals surface area contributed by atoms with Gasteiger partial charge in [0.1, 0.15) is 0 Å². The SMILES string of the molecule is CN(CCOCC1CC1)C(=O)N1CCCC(CC(=O)O)C1. The number of likely N-dealkylation sites (N-methyl/N-ethyl adjacent to an activating group) is 1. The fourth-order valence-corrected chi connectivity index (χ4v) is 2.73. The number of hydrogen-bond acceptors (Lipinski definition) is 3. The van der Waals surface area contributed by atoms with Crippen LogP contribution in [0.15, 0.2) is 0 Å². The van der Waals surface area contributed by atoms with E-state index in [2.05, 4.69) is 0 Å². The summed E-state index contributed by atoms with van der Waals surface area (Å²) in [7, 11) is 1.78. The summed E-state index contributed by atoms with van der Waals surface area (Å²) in [4.78, 5) is 26.6. The Labute approximate surface area is 126 Å². The number of nitrogens with zero attached hydrogens (tertiary/aromatic N) is 2. The van der Waals surface area contributed by atoms with Crippen molar-refractivity contribution in [3.63, 3.8) is 0 Å². The highest BCUT2D eigenvalue weighted by Crippen LogP contribution is 2.28. The lowest BCUT2D eigenvalue weighted by atomic mass is 9.95. The van der Waals surface area contributed by atoms with Crippen LogP contribution in [0.1, 0.15) is 32.1 Å². The average Bonchev–Trinajstić information content (AvgIpc) is 3.26. The molecule has 0 bridgehead atoms. The van der Waals surface area contributed by atoms with Gasteiger partial charge in [-0.25, -0.2) is 4.79 Å². The highest BCUT2D eigenvalue weighted by molar-refractivity contribution is 5.74. The number of amides is 2. The number of carbonyl (C=O) groups excluding carboxylic acids is 1. The van der Waals surface area contributed by atoms with E-state index < -0.39 is 5.97 Å². The summed E-state index contributed by atoms with van der Waals surface area (Å²) in [5.41, 5.74) is 0. The van der Waals surface area contributed by atoms with Crippen molar-refractivity contribution in [2.45, 2.75) is 32.1 Å². The van der Waals surface area contributed by atoms with Crippen LogP contribution < -0.4 is 0 Å². The second-order valence-electron chi connectivity index (χ2n) is 6.27. The fraction of sp³-hybridized carbons (Fsp3) is 0.867. The van der Waals surface area contributed by atoms with Crippen LogP contribution in [-0.2, 0) is 9.53 Å². The highest BCUT2D eigenvalue weighted by Gasteiger charge is 2.27. The number of aliphatic carboxylic acids is 1. The average molecular weight is 298 g/mol. The van der Waals surface area contributed by atoms with E-state index in [-0.39, 0.29) is 18.4 Å². The maximum atomic E-state index is 12.3. The zero-order valence-corrected chi connectivity index (χ0v) is 12.8. The third-order valence-electron chi connectivity index (χ3n) is 4.20. The lowest BCUT2D eigenvalue weighted by molar-refractivity contribution is -0.138. The smallest absolute Gasteiger partial charge is 0.319 e. The van der Waals surface area contributed by atoms with Crippen molar-refractivity contribution in [2.24, 2.45) is 11.8 Å². The van der Waals surface area contributed by atoms with Gasteiger partial charge in [-0.15, -0.1) is 0 Å². The number of carboxylic acids is 1.